The molecule has 1 aromatic rings. The Morgan fingerprint density at radius 3 is 2.32 bits per heavy atom. The summed E-state index contributed by atoms with van der Waals surface area (Å²) in [7, 11) is -1.84. The van der Waals surface area contributed by atoms with Crippen LogP contribution in [0.3, 0.4) is 0 Å². The molecule has 0 aromatic heterocycles. The number of hydrogen-bond acceptors (Lipinski definition) is 2. The molecular weight excluding hydrogens is 282 g/mol. The van der Waals surface area contributed by atoms with Gasteiger partial charge in [0.1, 0.15) is 0 Å². The van der Waals surface area contributed by atoms with E-state index in [1.807, 2.05) is 26.8 Å². The highest BCUT2D eigenvalue weighted by atomic mass is 35.5. The van der Waals surface area contributed by atoms with Gasteiger partial charge < -0.3 is 0 Å². The highest BCUT2D eigenvalue weighted by molar-refractivity contribution is 7.89. The topological polar surface area (TPSA) is 37.4 Å². The first-order valence-corrected chi connectivity index (χ1v) is 8.17. The Labute approximate surface area is 121 Å². The van der Waals surface area contributed by atoms with Crippen molar-refractivity contribution in [2.45, 2.75) is 38.5 Å². The van der Waals surface area contributed by atoms with E-state index in [9.17, 15) is 8.42 Å². The SMILES string of the molecule is Cc1ccc(CCl)cc1S(=O)(=O)N(C)CC(C)(C)C. The summed E-state index contributed by atoms with van der Waals surface area (Å²) < 4.78 is 26.6. The van der Waals surface area contributed by atoms with Crippen molar-refractivity contribution >= 4 is 21.6 Å². The van der Waals surface area contributed by atoms with Crippen LogP contribution in [-0.4, -0.2) is 26.3 Å². The molecule has 0 aliphatic rings. The minimum atomic E-state index is -3.46. The molecule has 0 heterocycles. The van der Waals surface area contributed by atoms with Crippen LogP contribution < -0.4 is 0 Å². The quantitative estimate of drug-likeness (QED) is 0.800. The van der Waals surface area contributed by atoms with Crippen LogP contribution in [-0.2, 0) is 15.9 Å². The molecule has 0 amide bonds. The molecule has 0 bridgehead atoms. The molecule has 0 radical (unpaired) electrons. The highest BCUT2D eigenvalue weighted by Crippen LogP contribution is 2.24. The Bertz CT molecular complexity index is 547. The Hall–Kier alpha value is -0.580. The van der Waals surface area contributed by atoms with Gasteiger partial charge in [-0.25, -0.2) is 12.7 Å². The average molecular weight is 304 g/mol. The number of hydrogen-bond donors (Lipinski definition) is 0. The number of halogens is 1. The third-order valence-electron chi connectivity index (χ3n) is 2.79. The van der Waals surface area contributed by atoms with Crippen LogP contribution in [0.2, 0.25) is 0 Å². The first kappa shape index (κ1) is 16.5. The first-order valence-electron chi connectivity index (χ1n) is 6.20. The van der Waals surface area contributed by atoms with E-state index in [0.717, 1.165) is 11.1 Å². The molecule has 3 nitrogen and oxygen atoms in total. The van der Waals surface area contributed by atoms with Gasteiger partial charge >= 0.3 is 0 Å². The molecule has 0 spiro atoms. The molecule has 0 aliphatic carbocycles. The molecule has 19 heavy (non-hydrogen) atoms. The van der Waals surface area contributed by atoms with Crippen LogP contribution in [0.25, 0.3) is 0 Å². The lowest BCUT2D eigenvalue weighted by Gasteiger charge is -2.26. The Kier molecular flexibility index (Phi) is 5.04. The number of alkyl halides is 1. The molecule has 0 atom stereocenters. The van der Waals surface area contributed by atoms with Crippen LogP contribution in [0.1, 0.15) is 31.9 Å². The van der Waals surface area contributed by atoms with E-state index < -0.39 is 10.0 Å². The zero-order chi connectivity index (χ0) is 14.8. The fourth-order valence-corrected chi connectivity index (χ4v) is 3.76. The van der Waals surface area contributed by atoms with Crippen molar-refractivity contribution in [1.29, 1.82) is 0 Å². The van der Waals surface area contributed by atoms with Gasteiger partial charge in [0.25, 0.3) is 0 Å². The molecule has 0 aliphatic heterocycles. The summed E-state index contributed by atoms with van der Waals surface area (Å²) in [6.07, 6.45) is 0. The van der Waals surface area contributed by atoms with Crippen molar-refractivity contribution in [3.8, 4) is 0 Å². The van der Waals surface area contributed by atoms with Gasteiger partial charge in [0.2, 0.25) is 10.0 Å². The molecule has 0 fully saturated rings. The summed E-state index contributed by atoms with van der Waals surface area (Å²) in [4.78, 5) is 0.345. The Morgan fingerprint density at radius 2 is 1.84 bits per heavy atom. The standard InChI is InChI=1S/C14H22ClNO2S/c1-11-6-7-12(9-15)8-13(11)19(17,18)16(5)10-14(2,3)4/h6-8H,9-10H2,1-5H3. The van der Waals surface area contributed by atoms with E-state index in [4.69, 9.17) is 11.6 Å². The van der Waals surface area contributed by atoms with Crippen molar-refractivity contribution in [1.82, 2.24) is 4.31 Å². The normalized spacial score (nSPS) is 13.0. The summed E-state index contributed by atoms with van der Waals surface area (Å²) in [6, 6.07) is 5.32. The number of benzene rings is 1. The van der Waals surface area contributed by atoms with E-state index in [2.05, 4.69) is 0 Å². The monoisotopic (exact) mass is 303 g/mol. The summed E-state index contributed by atoms with van der Waals surface area (Å²) in [5.74, 6) is 0.311. The predicted octanol–water partition coefficient (Wildman–Crippen LogP) is 3.40. The van der Waals surface area contributed by atoms with Crippen molar-refractivity contribution < 1.29 is 8.42 Å². The van der Waals surface area contributed by atoms with Crippen LogP contribution in [0, 0.1) is 12.3 Å². The van der Waals surface area contributed by atoms with E-state index in [1.54, 1.807) is 26.1 Å². The molecule has 0 saturated heterocycles. The second-order valence-electron chi connectivity index (χ2n) is 6.06. The first-order chi connectivity index (χ1) is 8.58. The molecule has 0 unspecified atom stereocenters. The van der Waals surface area contributed by atoms with Gasteiger partial charge in [-0.05, 0) is 29.5 Å². The largest absolute Gasteiger partial charge is 0.243 e. The van der Waals surface area contributed by atoms with E-state index in [-0.39, 0.29) is 5.41 Å². The molecule has 1 aromatic carbocycles. The van der Waals surface area contributed by atoms with Gasteiger partial charge in [-0.1, -0.05) is 32.9 Å². The van der Waals surface area contributed by atoms with Crippen molar-refractivity contribution in [3.63, 3.8) is 0 Å². The lowest BCUT2D eigenvalue weighted by molar-refractivity contribution is 0.310. The van der Waals surface area contributed by atoms with Gasteiger partial charge in [0.15, 0.2) is 0 Å². The maximum atomic E-state index is 12.6. The fraction of sp³-hybridized carbons (Fsp3) is 0.571. The molecule has 5 heteroatoms. The summed E-state index contributed by atoms with van der Waals surface area (Å²) in [5, 5.41) is 0. The van der Waals surface area contributed by atoms with Crippen molar-refractivity contribution in [3.05, 3.63) is 29.3 Å². The third kappa shape index (κ3) is 4.20. The summed E-state index contributed by atoms with van der Waals surface area (Å²) in [5.41, 5.74) is 1.48. The number of nitrogens with zero attached hydrogens (tertiary/aromatic N) is 1. The third-order valence-corrected chi connectivity index (χ3v) is 5.05. The smallest absolute Gasteiger partial charge is 0.207 e. The van der Waals surface area contributed by atoms with Gasteiger partial charge in [0, 0.05) is 19.5 Å². The second-order valence-corrected chi connectivity index (χ2v) is 8.34. The minimum Gasteiger partial charge on any atom is -0.207 e. The van der Waals surface area contributed by atoms with Crippen LogP contribution in [0.4, 0.5) is 0 Å². The van der Waals surface area contributed by atoms with E-state index in [1.165, 1.54) is 4.31 Å². The van der Waals surface area contributed by atoms with Gasteiger partial charge in [-0.2, -0.15) is 0 Å². The lowest BCUT2D eigenvalue weighted by Crippen LogP contribution is -2.34. The van der Waals surface area contributed by atoms with Gasteiger partial charge in [-0.3, -0.25) is 0 Å². The molecule has 0 N–H and O–H groups in total. The second kappa shape index (κ2) is 5.81. The molecule has 108 valence electrons. The van der Waals surface area contributed by atoms with E-state index >= 15 is 0 Å². The van der Waals surface area contributed by atoms with Crippen molar-refractivity contribution in [2.75, 3.05) is 13.6 Å². The maximum absolute atomic E-state index is 12.6. The van der Waals surface area contributed by atoms with Gasteiger partial charge in [0.05, 0.1) is 4.90 Å². The summed E-state index contributed by atoms with van der Waals surface area (Å²) >= 11 is 5.78. The predicted molar refractivity (Wildman–Crippen MR) is 80.0 cm³/mol. The lowest BCUT2D eigenvalue weighted by atomic mass is 9.97. The van der Waals surface area contributed by atoms with Crippen LogP contribution in [0.15, 0.2) is 23.1 Å². The number of aryl methyl sites for hydroxylation is 1. The zero-order valence-electron chi connectivity index (χ0n) is 12.2. The Balaban J connectivity index is 3.20. The molecular formula is C14H22ClNO2S. The summed E-state index contributed by atoms with van der Waals surface area (Å²) in [6.45, 7) is 8.32. The number of rotatable bonds is 4. The van der Waals surface area contributed by atoms with Gasteiger partial charge in [-0.15, -0.1) is 11.6 Å². The highest BCUT2D eigenvalue weighted by Gasteiger charge is 2.26. The zero-order valence-corrected chi connectivity index (χ0v) is 13.8. The molecule has 0 saturated carbocycles. The maximum Gasteiger partial charge on any atom is 0.243 e. The minimum absolute atomic E-state index is 0.0835. The van der Waals surface area contributed by atoms with Crippen LogP contribution >= 0.6 is 11.6 Å². The van der Waals surface area contributed by atoms with Crippen molar-refractivity contribution in [2.24, 2.45) is 5.41 Å². The average Bonchev–Trinajstić information content (AvgIpc) is 2.27. The Morgan fingerprint density at radius 1 is 1.26 bits per heavy atom. The van der Waals surface area contributed by atoms with Crippen LogP contribution in [0.5, 0.6) is 0 Å². The molecule has 1 rings (SSSR count). The van der Waals surface area contributed by atoms with E-state index in [0.29, 0.717) is 17.3 Å². The number of sulfonamides is 1. The fourth-order valence-electron chi connectivity index (χ4n) is 1.93.